The third kappa shape index (κ3) is 4.52. The van der Waals surface area contributed by atoms with Gasteiger partial charge in [-0.15, -0.1) is 0 Å². The standard InChI is InChI=1S/C16H20O2/c17-16(11-10-14-6-4-5-7-14)13-18-12-15-8-2-1-3-9-15/h1-3,8-9,14,16-17H,4-7,12-13H2. The molecule has 1 unspecified atom stereocenters. The van der Waals surface area contributed by atoms with Gasteiger partial charge in [-0.25, -0.2) is 0 Å². The molecule has 1 atom stereocenters. The van der Waals surface area contributed by atoms with Crippen LogP contribution in [0.1, 0.15) is 31.2 Å². The van der Waals surface area contributed by atoms with Gasteiger partial charge in [0.15, 0.2) is 0 Å². The first kappa shape index (κ1) is 13.1. The van der Waals surface area contributed by atoms with Crippen LogP contribution in [0.15, 0.2) is 30.3 Å². The highest BCUT2D eigenvalue weighted by Crippen LogP contribution is 2.23. The van der Waals surface area contributed by atoms with E-state index in [0.717, 1.165) is 5.56 Å². The molecule has 1 aliphatic carbocycles. The number of benzene rings is 1. The second-order valence-electron chi connectivity index (χ2n) is 4.79. The molecule has 1 aromatic rings. The lowest BCUT2D eigenvalue weighted by atomic mass is 10.1. The Kier molecular flexibility index (Phi) is 5.26. The van der Waals surface area contributed by atoms with Gasteiger partial charge in [-0.1, -0.05) is 55.0 Å². The van der Waals surface area contributed by atoms with Crippen molar-refractivity contribution < 1.29 is 9.84 Å². The SMILES string of the molecule is OC(C#CC1CCCC1)COCc1ccccc1. The molecule has 0 amide bonds. The molecule has 0 aliphatic heterocycles. The van der Waals surface area contributed by atoms with Crippen molar-refractivity contribution in [1.29, 1.82) is 0 Å². The molecule has 0 bridgehead atoms. The molecule has 0 spiro atoms. The summed E-state index contributed by atoms with van der Waals surface area (Å²) in [7, 11) is 0. The Labute approximate surface area is 109 Å². The van der Waals surface area contributed by atoms with Crippen LogP contribution in [-0.2, 0) is 11.3 Å². The molecule has 2 heteroatoms. The predicted molar refractivity (Wildman–Crippen MR) is 71.8 cm³/mol. The average molecular weight is 244 g/mol. The van der Waals surface area contributed by atoms with Crippen molar-refractivity contribution in [3.8, 4) is 11.8 Å². The van der Waals surface area contributed by atoms with E-state index in [4.69, 9.17) is 4.74 Å². The van der Waals surface area contributed by atoms with E-state index in [9.17, 15) is 5.11 Å². The minimum absolute atomic E-state index is 0.286. The largest absolute Gasteiger partial charge is 0.378 e. The summed E-state index contributed by atoms with van der Waals surface area (Å²) < 4.78 is 5.44. The summed E-state index contributed by atoms with van der Waals surface area (Å²) in [6.45, 7) is 0.817. The molecule has 2 nitrogen and oxygen atoms in total. The van der Waals surface area contributed by atoms with Crippen LogP contribution >= 0.6 is 0 Å². The summed E-state index contributed by atoms with van der Waals surface area (Å²) in [6, 6.07) is 9.96. The van der Waals surface area contributed by atoms with Crippen molar-refractivity contribution in [3.63, 3.8) is 0 Å². The van der Waals surface area contributed by atoms with Crippen molar-refractivity contribution in [3.05, 3.63) is 35.9 Å². The lowest BCUT2D eigenvalue weighted by Gasteiger charge is -2.06. The molecule has 96 valence electrons. The maximum absolute atomic E-state index is 9.69. The van der Waals surface area contributed by atoms with Gasteiger partial charge in [-0.3, -0.25) is 0 Å². The first-order chi connectivity index (χ1) is 8.84. The number of aliphatic hydroxyl groups is 1. The molecule has 18 heavy (non-hydrogen) atoms. The van der Waals surface area contributed by atoms with E-state index >= 15 is 0 Å². The van der Waals surface area contributed by atoms with Crippen LogP contribution in [-0.4, -0.2) is 17.8 Å². The van der Waals surface area contributed by atoms with Gasteiger partial charge in [0.2, 0.25) is 0 Å². The predicted octanol–water partition coefficient (Wildman–Crippen LogP) is 2.76. The van der Waals surface area contributed by atoms with Gasteiger partial charge in [0.1, 0.15) is 6.10 Å². The first-order valence-corrected chi connectivity index (χ1v) is 6.65. The van der Waals surface area contributed by atoms with Crippen LogP contribution in [0.3, 0.4) is 0 Å². The number of ether oxygens (including phenoxy) is 1. The highest BCUT2D eigenvalue weighted by molar-refractivity contribution is 5.13. The summed E-state index contributed by atoms with van der Waals surface area (Å²) in [5, 5.41) is 9.69. The van der Waals surface area contributed by atoms with Gasteiger partial charge in [0.25, 0.3) is 0 Å². The van der Waals surface area contributed by atoms with Gasteiger partial charge in [-0.2, -0.15) is 0 Å². The molecular formula is C16H20O2. The number of hydrogen-bond acceptors (Lipinski definition) is 2. The van der Waals surface area contributed by atoms with E-state index in [-0.39, 0.29) is 6.61 Å². The molecule has 1 aliphatic rings. The number of aliphatic hydroxyl groups excluding tert-OH is 1. The van der Waals surface area contributed by atoms with Gasteiger partial charge >= 0.3 is 0 Å². The van der Waals surface area contributed by atoms with Gasteiger partial charge in [0, 0.05) is 5.92 Å². The van der Waals surface area contributed by atoms with Crippen molar-refractivity contribution >= 4 is 0 Å². The van der Waals surface area contributed by atoms with E-state index in [1.807, 2.05) is 30.3 Å². The van der Waals surface area contributed by atoms with Gasteiger partial charge in [0.05, 0.1) is 13.2 Å². The van der Waals surface area contributed by atoms with Crippen molar-refractivity contribution in [2.24, 2.45) is 5.92 Å². The van der Waals surface area contributed by atoms with Crippen LogP contribution in [0.5, 0.6) is 0 Å². The topological polar surface area (TPSA) is 29.5 Å². The monoisotopic (exact) mass is 244 g/mol. The van der Waals surface area contributed by atoms with Crippen LogP contribution < -0.4 is 0 Å². The zero-order valence-electron chi connectivity index (χ0n) is 10.6. The maximum Gasteiger partial charge on any atom is 0.137 e. The third-order valence-corrected chi connectivity index (χ3v) is 3.20. The molecule has 0 aromatic heterocycles. The van der Waals surface area contributed by atoms with E-state index in [0.29, 0.717) is 12.5 Å². The third-order valence-electron chi connectivity index (χ3n) is 3.20. The zero-order chi connectivity index (χ0) is 12.6. The summed E-state index contributed by atoms with van der Waals surface area (Å²) >= 11 is 0. The highest BCUT2D eigenvalue weighted by atomic mass is 16.5. The second-order valence-corrected chi connectivity index (χ2v) is 4.79. The molecule has 1 aromatic carbocycles. The summed E-state index contributed by atoms with van der Waals surface area (Å²) in [5.74, 6) is 6.54. The molecule has 1 fully saturated rings. The fraction of sp³-hybridized carbons (Fsp3) is 0.500. The zero-order valence-corrected chi connectivity index (χ0v) is 10.6. The highest BCUT2D eigenvalue weighted by Gasteiger charge is 2.11. The molecule has 2 rings (SSSR count). The van der Waals surface area contributed by atoms with E-state index in [1.165, 1.54) is 25.7 Å². The van der Waals surface area contributed by atoms with Gasteiger partial charge < -0.3 is 9.84 Å². The Hall–Kier alpha value is -1.30. The van der Waals surface area contributed by atoms with Crippen LogP contribution in [0.25, 0.3) is 0 Å². The number of rotatable bonds is 4. The van der Waals surface area contributed by atoms with Crippen LogP contribution in [0, 0.1) is 17.8 Å². The van der Waals surface area contributed by atoms with Crippen molar-refractivity contribution in [2.75, 3.05) is 6.61 Å². The summed E-state index contributed by atoms with van der Waals surface area (Å²) in [4.78, 5) is 0. The Morgan fingerprint density at radius 3 is 2.67 bits per heavy atom. The molecule has 1 saturated carbocycles. The lowest BCUT2D eigenvalue weighted by molar-refractivity contribution is 0.0543. The Morgan fingerprint density at radius 1 is 1.22 bits per heavy atom. The average Bonchev–Trinajstić information content (AvgIpc) is 2.91. The van der Waals surface area contributed by atoms with E-state index in [1.54, 1.807) is 0 Å². The Balaban J connectivity index is 1.67. The van der Waals surface area contributed by atoms with Gasteiger partial charge in [-0.05, 0) is 18.4 Å². The second kappa shape index (κ2) is 7.20. The molecule has 1 N–H and O–H groups in total. The lowest BCUT2D eigenvalue weighted by Crippen LogP contribution is -2.13. The van der Waals surface area contributed by atoms with Crippen molar-refractivity contribution in [1.82, 2.24) is 0 Å². The fourth-order valence-electron chi connectivity index (χ4n) is 2.19. The summed E-state index contributed by atoms with van der Waals surface area (Å²) in [6.07, 6.45) is 4.27. The maximum atomic E-state index is 9.69. The first-order valence-electron chi connectivity index (χ1n) is 6.65. The molecule has 0 radical (unpaired) electrons. The summed E-state index contributed by atoms with van der Waals surface area (Å²) in [5.41, 5.74) is 1.12. The van der Waals surface area contributed by atoms with Crippen LogP contribution in [0.2, 0.25) is 0 Å². The minimum Gasteiger partial charge on any atom is -0.378 e. The van der Waals surface area contributed by atoms with E-state index < -0.39 is 6.10 Å². The smallest absolute Gasteiger partial charge is 0.137 e. The Morgan fingerprint density at radius 2 is 1.94 bits per heavy atom. The molecule has 0 saturated heterocycles. The Bertz CT molecular complexity index is 396. The quantitative estimate of drug-likeness (QED) is 0.825. The van der Waals surface area contributed by atoms with E-state index in [2.05, 4.69) is 11.8 Å². The molecule has 0 heterocycles. The van der Waals surface area contributed by atoms with Crippen molar-refractivity contribution in [2.45, 2.75) is 38.4 Å². The minimum atomic E-state index is -0.658. The molecular weight excluding hydrogens is 224 g/mol. The normalized spacial score (nSPS) is 17.2. The number of hydrogen-bond donors (Lipinski definition) is 1. The fourth-order valence-corrected chi connectivity index (χ4v) is 2.19. The van der Waals surface area contributed by atoms with Crippen LogP contribution in [0.4, 0.5) is 0 Å².